The zero-order valence-electron chi connectivity index (χ0n) is 25.1. The number of hydrogen-bond donors (Lipinski definition) is 1. The lowest BCUT2D eigenvalue weighted by Gasteiger charge is -2.70. The van der Waals surface area contributed by atoms with Crippen LogP contribution in [-0.2, 0) is 19.0 Å². The van der Waals surface area contributed by atoms with Crippen LogP contribution in [0.4, 0.5) is 13.2 Å². The highest BCUT2D eigenvalue weighted by Gasteiger charge is 2.71. The lowest BCUT2D eigenvalue weighted by Crippen LogP contribution is -2.72. The summed E-state index contributed by atoms with van der Waals surface area (Å²) in [4.78, 5) is 14.0. The number of nitrogens with two attached hydrogens (primary N) is 1. The average Bonchev–Trinajstić information content (AvgIpc) is 3.23. The smallest absolute Gasteiger partial charge is 0.410 e. The molecule has 0 bridgehead atoms. The second-order valence-electron chi connectivity index (χ2n) is 14.7. The van der Waals surface area contributed by atoms with Gasteiger partial charge in [-0.1, -0.05) is 26.8 Å². The number of rotatable bonds is 6. The second-order valence-corrected chi connectivity index (χ2v) is 14.7. The first kappa shape index (κ1) is 30.1. The van der Waals surface area contributed by atoms with E-state index >= 15 is 0 Å². The fourth-order valence-corrected chi connectivity index (χ4v) is 10.6. The van der Waals surface area contributed by atoms with E-state index in [9.17, 15) is 18.0 Å². The summed E-state index contributed by atoms with van der Waals surface area (Å²) in [6.45, 7) is 9.30. The topological polar surface area (TPSA) is 70.8 Å². The van der Waals surface area contributed by atoms with E-state index in [1.807, 2.05) is 14.2 Å². The maximum atomic E-state index is 14.0. The first-order chi connectivity index (χ1) is 18.6. The highest BCUT2D eigenvalue weighted by molar-refractivity contribution is 5.98. The number of ketones is 1. The third-order valence-electron chi connectivity index (χ3n) is 12.7. The van der Waals surface area contributed by atoms with Gasteiger partial charge in [0.25, 0.3) is 0 Å². The predicted octanol–water partition coefficient (Wildman–Crippen LogP) is 7.10. The maximum Gasteiger partial charge on any atom is 0.572 e. The normalized spacial score (nSPS) is 47.0. The Hall–Kier alpha value is -1.38. The summed E-state index contributed by atoms with van der Waals surface area (Å²) in [6.07, 6.45) is 6.97. The lowest BCUT2D eigenvalue weighted by molar-refractivity contribution is -0.308. The molecule has 5 rings (SSSR count). The Morgan fingerprint density at radius 3 is 2.35 bits per heavy atom. The van der Waals surface area contributed by atoms with Gasteiger partial charge < -0.3 is 19.9 Å². The third kappa shape index (κ3) is 4.50. The van der Waals surface area contributed by atoms with Crippen LogP contribution in [0.2, 0.25) is 0 Å². The standard InChI is InChI=1S/C32H48F3NO4/c1-20-17-21(7-9-23(20)40-32(33,34)35)26(37)22-8-10-24-29(22,4)12-11-25-30(19-38-5)15-14-28(3,39-6)18-27(30,2)13-16-31(24,25)36/h7,9,20,22,24-25H,8,10-19,36H2,1-6H3/t20?,22-,24-,25-,27+,28-,29-,30+,31-/m1/s1. The fourth-order valence-electron chi connectivity index (χ4n) is 10.6. The Bertz CT molecular complexity index is 1090. The van der Waals surface area contributed by atoms with Gasteiger partial charge in [0.2, 0.25) is 0 Å². The van der Waals surface area contributed by atoms with Crippen LogP contribution in [0.1, 0.15) is 91.9 Å². The molecule has 0 saturated heterocycles. The summed E-state index contributed by atoms with van der Waals surface area (Å²) < 4.78 is 54.6. The molecule has 5 aliphatic rings. The number of Topliss-reactive ketones (excluding diaryl/α,β-unsaturated/α-hetero) is 1. The van der Waals surface area contributed by atoms with E-state index in [1.54, 1.807) is 13.0 Å². The molecule has 8 heteroatoms. The van der Waals surface area contributed by atoms with E-state index in [2.05, 4.69) is 25.5 Å². The van der Waals surface area contributed by atoms with Crippen molar-refractivity contribution in [1.29, 1.82) is 0 Å². The number of allylic oxidation sites excluding steroid dienone is 4. The molecule has 5 nitrogen and oxygen atoms in total. The van der Waals surface area contributed by atoms with Gasteiger partial charge in [0.1, 0.15) is 5.76 Å². The Morgan fingerprint density at radius 2 is 1.73 bits per heavy atom. The van der Waals surface area contributed by atoms with Gasteiger partial charge >= 0.3 is 6.36 Å². The van der Waals surface area contributed by atoms with Crippen LogP contribution in [0, 0.1) is 39.9 Å². The number of fused-ring (bicyclic) bond motifs is 5. The summed E-state index contributed by atoms with van der Waals surface area (Å²) in [6, 6.07) is 0. The number of ether oxygens (including phenoxy) is 3. The molecule has 0 aromatic rings. The van der Waals surface area contributed by atoms with E-state index in [-0.39, 0.29) is 57.2 Å². The van der Waals surface area contributed by atoms with Gasteiger partial charge in [0.15, 0.2) is 5.78 Å². The maximum absolute atomic E-state index is 14.0. The van der Waals surface area contributed by atoms with Crippen molar-refractivity contribution in [2.45, 2.75) is 109 Å². The molecule has 2 N–H and O–H groups in total. The highest BCUT2D eigenvalue weighted by atomic mass is 19.4. The van der Waals surface area contributed by atoms with Crippen molar-refractivity contribution in [1.82, 2.24) is 0 Å². The molecule has 0 radical (unpaired) electrons. The first-order valence-corrected chi connectivity index (χ1v) is 15.1. The summed E-state index contributed by atoms with van der Waals surface area (Å²) in [5.74, 6) is -0.172. The van der Waals surface area contributed by atoms with Crippen molar-refractivity contribution in [2.75, 3.05) is 20.8 Å². The summed E-state index contributed by atoms with van der Waals surface area (Å²) in [5, 5.41) is 0. The Balaban J connectivity index is 1.42. The Labute approximate surface area is 237 Å². The van der Waals surface area contributed by atoms with Crippen molar-refractivity contribution in [3.05, 3.63) is 23.5 Å². The fraction of sp³-hybridized carbons (Fsp3) is 0.844. The molecule has 4 saturated carbocycles. The zero-order valence-corrected chi connectivity index (χ0v) is 25.1. The monoisotopic (exact) mass is 567 g/mol. The van der Waals surface area contributed by atoms with Gasteiger partial charge in [-0.3, -0.25) is 4.79 Å². The number of carbonyl (C=O) groups is 1. The van der Waals surface area contributed by atoms with E-state index in [0.29, 0.717) is 18.1 Å². The summed E-state index contributed by atoms with van der Waals surface area (Å²) >= 11 is 0. The molecule has 0 aromatic carbocycles. The number of methoxy groups -OCH3 is 2. The van der Waals surface area contributed by atoms with Gasteiger partial charge in [0.05, 0.1) is 12.2 Å². The molecule has 0 spiro atoms. The van der Waals surface area contributed by atoms with Crippen molar-refractivity contribution in [3.63, 3.8) is 0 Å². The molecule has 0 heterocycles. The number of alkyl halides is 3. The van der Waals surface area contributed by atoms with E-state index < -0.39 is 12.3 Å². The van der Waals surface area contributed by atoms with Gasteiger partial charge in [0, 0.05) is 37.0 Å². The molecule has 4 fully saturated rings. The van der Waals surface area contributed by atoms with Crippen LogP contribution >= 0.6 is 0 Å². The molecular weight excluding hydrogens is 519 g/mol. The van der Waals surface area contributed by atoms with Crippen LogP contribution in [-0.4, -0.2) is 44.1 Å². The zero-order chi connectivity index (χ0) is 29.4. The molecule has 0 amide bonds. The second kappa shape index (κ2) is 9.84. The molecule has 0 aromatic heterocycles. The van der Waals surface area contributed by atoms with Crippen LogP contribution in [0.25, 0.3) is 0 Å². The number of hydrogen-bond acceptors (Lipinski definition) is 5. The molecule has 226 valence electrons. The summed E-state index contributed by atoms with van der Waals surface area (Å²) in [5.41, 5.74) is 7.52. The Kier molecular flexibility index (Phi) is 7.40. The van der Waals surface area contributed by atoms with Gasteiger partial charge in [-0.05, 0) is 105 Å². The number of halogens is 3. The average molecular weight is 568 g/mol. The minimum atomic E-state index is -4.73. The molecule has 9 atom stereocenters. The highest BCUT2D eigenvalue weighted by Crippen LogP contribution is 2.72. The van der Waals surface area contributed by atoms with E-state index in [1.165, 1.54) is 6.08 Å². The molecule has 1 unspecified atom stereocenters. The van der Waals surface area contributed by atoms with Gasteiger partial charge in [-0.15, -0.1) is 13.2 Å². The molecule has 40 heavy (non-hydrogen) atoms. The third-order valence-corrected chi connectivity index (χ3v) is 12.7. The SMILES string of the molecule is COC[C@]12CC[C@@](C)(OC)C[C@]1(C)CC[C@@]1(N)[C@@H]3CC[C@H](C(=O)C4=CC=C(OC(F)(F)F)C(C)C4)[C@@]3(C)CC[C@@H]12. The van der Waals surface area contributed by atoms with Gasteiger partial charge in [-0.2, -0.15) is 0 Å². The quantitative estimate of drug-likeness (QED) is 0.371. The molecule has 5 aliphatic carbocycles. The van der Waals surface area contributed by atoms with E-state index in [4.69, 9.17) is 15.2 Å². The van der Waals surface area contributed by atoms with Crippen LogP contribution in [0.15, 0.2) is 23.5 Å². The number of carbonyl (C=O) groups excluding carboxylic acids is 1. The van der Waals surface area contributed by atoms with Crippen molar-refractivity contribution >= 4 is 5.78 Å². The van der Waals surface area contributed by atoms with E-state index in [0.717, 1.165) is 57.8 Å². The van der Waals surface area contributed by atoms with Crippen molar-refractivity contribution in [2.24, 2.45) is 45.7 Å². The minimum absolute atomic E-state index is 0.0305. The Morgan fingerprint density at radius 1 is 1.00 bits per heavy atom. The van der Waals surface area contributed by atoms with Crippen molar-refractivity contribution < 1.29 is 32.2 Å². The first-order valence-electron chi connectivity index (χ1n) is 15.1. The minimum Gasteiger partial charge on any atom is -0.410 e. The van der Waals surface area contributed by atoms with Crippen LogP contribution < -0.4 is 5.73 Å². The van der Waals surface area contributed by atoms with Gasteiger partial charge in [-0.25, -0.2) is 0 Å². The largest absolute Gasteiger partial charge is 0.572 e. The predicted molar refractivity (Wildman–Crippen MR) is 147 cm³/mol. The van der Waals surface area contributed by atoms with Crippen LogP contribution in [0.5, 0.6) is 0 Å². The van der Waals surface area contributed by atoms with Crippen molar-refractivity contribution in [3.8, 4) is 0 Å². The molecular formula is C32H48F3NO4. The van der Waals surface area contributed by atoms with Crippen LogP contribution in [0.3, 0.4) is 0 Å². The summed E-state index contributed by atoms with van der Waals surface area (Å²) in [7, 11) is 3.63. The molecule has 0 aliphatic heterocycles. The lowest BCUT2D eigenvalue weighted by atomic mass is 9.37.